The van der Waals surface area contributed by atoms with Crippen LogP contribution in [0.1, 0.15) is 33.5 Å². The minimum atomic E-state index is -0.683. The maximum absolute atomic E-state index is 12.3. The zero-order valence-corrected chi connectivity index (χ0v) is 11.8. The minimum absolute atomic E-state index is 0.363. The van der Waals surface area contributed by atoms with Gasteiger partial charge < -0.3 is 9.47 Å². The number of carbonyl (C=O) groups excluding carboxylic acids is 1. The average molecular weight is 268 g/mol. The predicted molar refractivity (Wildman–Crippen MR) is 67.5 cm³/mol. The van der Waals surface area contributed by atoms with Crippen LogP contribution in [-0.4, -0.2) is 51.5 Å². The van der Waals surface area contributed by atoms with Crippen molar-refractivity contribution in [2.24, 2.45) is 0 Å². The highest BCUT2D eigenvalue weighted by molar-refractivity contribution is 5.69. The molecule has 1 saturated heterocycles. The number of amides is 1. The van der Waals surface area contributed by atoms with Crippen LogP contribution in [0.4, 0.5) is 4.79 Å². The van der Waals surface area contributed by atoms with Crippen LogP contribution in [0.15, 0.2) is 6.33 Å². The van der Waals surface area contributed by atoms with Crippen LogP contribution in [-0.2, 0) is 15.0 Å². The molecule has 19 heavy (non-hydrogen) atoms. The molecule has 7 heteroatoms. The lowest BCUT2D eigenvalue weighted by molar-refractivity contribution is -0.0743. The molecule has 0 saturated carbocycles. The first-order valence-electron chi connectivity index (χ1n) is 6.27. The lowest BCUT2D eigenvalue weighted by atomic mass is 9.99. The molecular weight excluding hydrogens is 248 g/mol. The molecule has 1 unspecified atom stereocenters. The molecule has 1 fully saturated rings. The molecule has 1 aliphatic heterocycles. The Hall–Kier alpha value is -1.63. The number of hydrogen-bond acceptors (Lipinski definition) is 5. The third-order valence-corrected chi connectivity index (χ3v) is 2.98. The molecule has 1 aromatic heterocycles. The van der Waals surface area contributed by atoms with E-state index >= 15 is 0 Å². The Bertz CT molecular complexity index is 440. The SMILES string of the molecule is CC(C)(C)OC(=O)N1CCOCC1(C)c1ncn[nH]1. The van der Waals surface area contributed by atoms with Gasteiger partial charge in [0.2, 0.25) is 0 Å². The molecule has 0 aliphatic carbocycles. The first kappa shape index (κ1) is 13.8. The van der Waals surface area contributed by atoms with E-state index in [0.717, 1.165) is 0 Å². The number of nitrogens with zero attached hydrogens (tertiary/aromatic N) is 3. The molecule has 1 N–H and O–H groups in total. The van der Waals surface area contributed by atoms with Gasteiger partial charge in [-0.05, 0) is 27.7 Å². The third kappa shape index (κ3) is 2.86. The Balaban J connectivity index is 2.23. The fourth-order valence-corrected chi connectivity index (χ4v) is 2.02. The van der Waals surface area contributed by atoms with Crippen molar-refractivity contribution in [3.8, 4) is 0 Å². The summed E-state index contributed by atoms with van der Waals surface area (Å²) in [4.78, 5) is 18.1. The number of aromatic nitrogens is 3. The molecule has 1 aromatic rings. The molecule has 1 atom stereocenters. The Morgan fingerprint density at radius 2 is 2.32 bits per heavy atom. The number of ether oxygens (including phenoxy) is 2. The van der Waals surface area contributed by atoms with Gasteiger partial charge in [-0.1, -0.05) is 0 Å². The molecule has 2 heterocycles. The number of H-pyrrole nitrogens is 1. The fraction of sp³-hybridized carbons (Fsp3) is 0.750. The van der Waals surface area contributed by atoms with Crippen LogP contribution in [0, 0.1) is 0 Å². The summed E-state index contributed by atoms with van der Waals surface area (Å²) in [6, 6.07) is 0. The van der Waals surface area contributed by atoms with E-state index in [1.165, 1.54) is 6.33 Å². The van der Waals surface area contributed by atoms with E-state index in [4.69, 9.17) is 9.47 Å². The van der Waals surface area contributed by atoms with E-state index < -0.39 is 11.1 Å². The zero-order valence-electron chi connectivity index (χ0n) is 11.8. The number of rotatable bonds is 1. The monoisotopic (exact) mass is 268 g/mol. The lowest BCUT2D eigenvalue weighted by Gasteiger charge is -2.42. The van der Waals surface area contributed by atoms with Crippen LogP contribution in [0.5, 0.6) is 0 Å². The predicted octanol–water partition coefficient (Wildman–Crippen LogP) is 1.29. The highest BCUT2D eigenvalue weighted by Gasteiger charge is 2.44. The van der Waals surface area contributed by atoms with E-state index in [0.29, 0.717) is 25.6 Å². The Morgan fingerprint density at radius 1 is 1.58 bits per heavy atom. The van der Waals surface area contributed by atoms with E-state index in [9.17, 15) is 4.79 Å². The van der Waals surface area contributed by atoms with Gasteiger partial charge in [0.1, 0.15) is 17.5 Å². The molecule has 0 bridgehead atoms. The van der Waals surface area contributed by atoms with E-state index in [2.05, 4.69) is 15.2 Å². The second-order valence-electron chi connectivity index (χ2n) is 5.79. The van der Waals surface area contributed by atoms with Gasteiger partial charge in [0.15, 0.2) is 5.82 Å². The van der Waals surface area contributed by atoms with Gasteiger partial charge in [-0.25, -0.2) is 9.78 Å². The normalized spacial score (nSPS) is 24.3. The quantitative estimate of drug-likeness (QED) is 0.830. The van der Waals surface area contributed by atoms with Crippen molar-refractivity contribution in [3.05, 3.63) is 12.2 Å². The molecule has 2 rings (SSSR count). The van der Waals surface area contributed by atoms with Crippen LogP contribution >= 0.6 is 0 Å². The molecule has 0 radical (unpaired) electrons. The van der Waals surface area contributed by atoms with Gasteiger partial charge in [-0.15, -0.1) is 0 Å². The Morgan fingerprint density at radius 3 is 2.89 bits per heavy atom. The Labute approximate surface area is 112 Å². The molecule has 7 nitrogen and oxygen atoms in total. The van der Waals surface area contributed by atoms with Crippen LogP contribution < -0.4 is 0 Å². The van der Waals surface area contributed by atoms with Crippen molar-refractivity contribution in [1.29, 1.82) is 0 Å². The zero-order chi connectivity index (χ0) is 14.1. The average Bonchev–Trinajstić information content (AvgIpc) is 2.80. The van der Waals surface area contributed by atoms with Crippen molar-refractivity contribution >= 4 is 6.09 Å². The number of nitrogens with one attached hydrogen (secondary N) is 1. The van der Waals surface area contributed by atoms with E-state index in [1.54, 1.807) is 4.90 Å². The lowest BCUT2D eigenvalue weighted by Crippen LogP contribution is -2.56. The number of aromatic amines is 1. The van der Waals surface area contributed by atoms with Gasteiger partial charge in [-0.2, -0.15) is 5.10 Å². The van der Waals surface area contributed by atoms with Crippen LogP contribution in [0.2, 0.25) is 0 Å². The third-order valence-electron chi connectivity index (χ3n) is 2.98. The van der Waals surface area contributed by atoms with E-state index in [1.807, 2.05) is 27.7 Å². The molecule has 1 aliphatic rings. The summed E-state index contributed by atoms with van der Waals surface area (Å²) < 4.78 is 10.9. The van der Waals surface area contributed by atoms with Crippen molar-refractivity contribution in [3.63, 3.8) is 0 Å². The fourth-order valence-electron chi connectivity index (χ4n) is 2.02. The van der Waals surface area contributed by atoms with Crippen LogP contribution in [0.25, 0.3) is 0 Å². The first-order valence-corrected chi connectivity index (χ1v) is 6.27. The second kappa shape index (κ2) is 4.80. The van der Waals surface area contributed by atoms with Crippen molar-refractivity contribution in [2.45, 2.75) is 38.8 Å². The smallest absolute Gasteiger partial charge is 0.411 e. The summed E-state index contributed by atoms with van der Waals surface area (Å²) in [5, 5.41) is 6.64. The van der Waals surface area contributed by atoms with Gasteiger partial charge in [0.25, 0.3) is 0 Å². The van der Waals surface area contributed by atoms with Gasteiger partial charge in [0.05, 0.1) is 13.2 Å². The molecule has 1 amide bonds. The highest BCUT2D eigenvalue weighted by atomic mass is 16.6. The molecule has 0 spiro atoms. The largest absolute Gasteiger partial charge is 0.444 e. The van der Waals surface area contributed by atoms with Crippen LogP contribution in [0.3, 0.4) is 0 Å². The summed E-state index contributed by atoms with van der Waals surface area (Å²) in [5.41, 5.74) is -1.21. The summed E-state index contributed by atoms with van der Waals surface area (Å²) in [6.45, 7) is 8.73. The summed E-state index contributed by atoms with van der Waals surface area (Å²) >= 11 is 0. The molecule has 0 aromatic carbocycles. The van der Waals surface area contributed by atoms with Crippen molar-refractivity contribution in [2.75, 3.05) is 19.8 Å². The summed E-state index contributed by atoms with van der Waals surface area (Å²) in [5.74, 6) is 0.595. The van der Waals surface area contributed by atoms with Gasteiger partial charge in [0, 0.05) is 6.54 Å². The highest BCUT2D eigenvalue weighted by Crippen LogP contribution is 2.30. The van der Waals surface area contributed by atoms with Gasteiger partial charge >= 0.3 is 6.09 Å². The van der Waals surface area contributed by atoms with Crippen molar-refractivity contribution < 1.29 is 14.3 Å². The molecular formula is C12H20N4O3. The van der Waals surface area contributed by atoms with E-state index in [-0.39, 0.29) is 6.09 Å². The number of hydrogen-bond donors (Lipinski definition) is 1. The minimum Gasteiger partial charge on any atom is -0.444 e. The molecule has 106 valence electrons. The maximum atomic E-state index is 12.3. The first-order chi connectivity index (χ1) is 8.83. The maximum Gasteiger partial charge on any atom is 0.411 e. The summed E-state index contributed by atoms with van der Waals surface area (Å²) in [7, 11) is 0. The second-order valence-corrected chi connectivity index (χ2v) is 5.79. The van der Waals surface area contributed by atoms with Gasteiger partial charge in [-0.3, -0.25) is 10.00 Å². The standard InChI is InChI=1S/C12H20N4O3/c1-11(2,3)19-10(17)16-5-6-18-7-12(16,4)9-13-8-14-15-9/h8H,5-7H2,1-4H3,(H,13,14,15). The number of morpholine rings is 1. The topological polar surface area (TPSA) is 80.3 Å². The Kier molecular flexibility index (Phi) is 3.49. The number of carbonyl (C=O) groups is 1. The summed E-state index contributed by atoms with van der Waals surface area (Å²) in [6.07, 6.45) is 1.05. The van der Waals surface area contributed by atoms with Crippen molar-refractivity contribution in [1.82, 2.24) is 20.1 Å².